The number of benzene rings is 2. The van der Waals surface area contributed by atoms with E-state index in [0.717, 1.165) is 0 Å². The molecule has 8 N–H and O–H groups in total. The van der Waals surface area contributed by atoms with E-state index in [1.807, 2.05) is 0 Å². The van der Waals surface area contributed by atoms with Gasteiger partial charge in [0.2, 0.25) is 12.1 Å². The third-order valence-electron chi connectivity index (χ3n) is 6.80. The first-order valence-corrected chi connectivity index (χ1v) is 12.1. The molecule has 2 aliphatic heterocycles. The maximum Gasteiger partial charge on any atom is 0.344 e. The number of fused-ring (bicyclic) bond motifs is 3. The van der Waals surface area contributed by atoms with Crippen molar-refractivity contribution < 1.29 is 64.2 Å². The lowest BCUT2D eigenvalue weighted by molar-refractivity contribution is -0.352. The summed E-state index contributed by atoms with van der Waals surface area (Å²) in [5.74, 6) is -2.42. The highest BCUT2D eigenvalue weighted by molar-refractivity contribution is 6.04. The second-order valence-corrected chi connectivity index (χ2v) is 9.53. The molecule has 0 radical (unpaired) electrons. The summed E-state index contributed by atoms with van der Waals surface area (Å²) < 4.78 is 27.2. The van der Waals surface area contributed by atoms with Gasteiger partial charge >= 0.3 is 5.63 Å². The van der Waals surface area contributed by atoms with Crippen LogP contribution in [-0.2, 0) is 9.47 Å². The lowest BCUT2D eigenvalue weighted by Gasteiger charge is -2.40. The zero-order chi connectivity index (χ0) is 28.1. The van der Waals surface area contributed by atoms with E-state index in [9.17, 15) is 45.6 Å². The molecule has 0 spiro atoms. The molecule has 2 fully saturated rings. The Bertz CT molecular complexity index is 1390. The Hall–Kier alpha value is -2.89. The van der Waals surface area contributed by atoms with Crippen LogP contribution in [0.5, 0.6) is 11.5 Å². The third-order valence-corrected chi connectivity index (χ3v) is 6.80. The van der Waals surface area contributed by atoms with E-state index >= 15 is 0 Å². The summed E-state index contributed by atoms with van der Waals surface area (Å²) in [5.41, 5.74) is -0.659. The number of rotatable bonds is 6. The highest BCUT2D eigenvalue weighted by atomic mass is 16.7. The van der Waals surface area contributed by atoms with Gasteiger partial charge in [0, 0.05) is 23.3 Å². The lowest BCUT2D eigenvalue weighted by Crippen LogP contribution is -2.60. The zero-order valence-electron chi connectivity index (χ0n) is 20.2. The van der Waals surface area contributed by atoms with Gasteiger partial charge < -0.3 is 64.2 Å². The summed E-state index contributed by atoms with van der Waals surface area (Å²) >= 11 is 0. The van der Waals surface area contributed by atoms with Gasteiger partial charge in [0.1, 0.15) is 47.6 Å². The molecule has 14 nitrogen and oxygen atoms in total. The normalized spacial score (nSPS) is 32.8. The molecule has 14 heteroatoms. The van der Waals surface area contributed by atoms with Crippen molar-refractivity contribution >= 4 is 21.7 Å². The molecular formula is C25H28O14. The van der Waals surface area contributed by atoms with Gasteiger partial charge in [-0.15, -0.1) is 0 Å². The maximum absolute atomic E-state index is 12.8. The van der Waals surface area contributed by atoms with Crippen molar-refractivity contribution in [1.29, 1.82) is 0 Å². The standard InChI is InChI=1S/C25H28O14/c26-8-17-15(28)7-25(33,34)24(39-17)36-11-2-4-13-12-3-1-10(5-14(12)22(32)37-16(13)6-11)35-23-21(31)20(30)19(29)18(9-27)38-23/h1-6,15,17-21,23-24,26-31,33-34H,7-9H2. The van der Waals surface area contributed by atoms with Gasteiger partial charge in [0.05, 0.1) is 24.7 Å². The average molecular weight is 552 g/mol. The minimum absolute atomic E-state index is 0.0538. The van der Waals surface area contributed by atoms with Crippen molar-refractivity contribution in [3.05, 3.63) is 46.8 Å². The Morgan fingerprint density at radius 2 is 1.46 bits per heavy atom. The zero-order valence-corrected chi connectivity index (χ0v) is 20.2. The van der Waals surface area contributed by atoms with Crippen LogP contribution in [0.15, 0.2) is 45.6 Å². The molecule has 0 saturated carbocycles. The van der Waals surface area contributed by atoms with Crippen LogP contribution in [0.4, 0.5) is 0 Å². The van der Waals surface area contributed by atoms with Gasteiger partial charge in [-0.3, -0.25) is 0 Å². The Kier molecular flexibility index (Phi) is 7.51. The van der Waals surface area contributed by atoms with Crippen LogP contribution < -0.4 is 15.1 Å². The maximum atomic E-state index is 12.8. The molecule has 2 aromatic carbocycles. The molecule has 2 saturated heterocycles. The van der Waals surface area contributed by atoms with Gasteiger partial charge in [-0.25, -0.2) is 4.79 Å². The summed E-state index contributed by atoms with van der Waals surface area (Å²) in [6.07, 6.45) is -12.0. The SMILES string of the molecule is O=c1oc2cc(OC3OC(CO)C(O)CC3(O)O)ccc2c2ccc(OC3OC(CO)C(O)C(O)C3O)cc12. The first-order valence-electron chi connectivity index (χ1n) is 12.1. The minimum atomic E-state index is -2.55. The summed E-state index contributed by atoms with van der Waals surface area (Å²) in [6, 6.07) is 8.75. The fourth-order valence-electron chi connectivity index (χ4n) is 4.64. The van der Waals surface area contributed by atoms with E-state index in [1.54, 1.807) is 12.1 Å². The first-order chi connectivity index (χ1) is 18.5. The van der Waals surface area contributed by atoms with Gasteiger partial charge in [-0.1, -0.05) is 0 Å². The Morgan fingerprint density at radius 3 is 2.15 bits per heavy atom. The Labute approximate surface area is 219 Å². The van der Waals surface area contributed by atoms with E-state index in [2.05, 4.69) is 0 Å². The highest BCUT2D eigenvalue weighted by Crippen LogP contribution is 2.33. The lowest BCUT2D eigenvalue weighted by atomic mass is 9.99. The number of aliphatic hydroxyl groups excluding tert-OH is 6. The quantitative estimate of drug-likeness (QED) is 0.0910. The molecule has 0 aliphatic carbocycles. The van der Waals surface area contributed by atoms with Crippen LogP contribution in [0.25, 0.3) is 21.7 Å². The van der Waals surface area contributed by atoms with Crippen molar-refractivity contribution in [2.24, 2.45) is 0 Å². The molecule has 8 atom stereocenters. The minimum Gasteiger partial charge on any atom is -0.462 e. The molecule has 39 heavy (non-hydrogen) atoms. The second kappa shape index (κ2) is 10.6. The van der Waals surface area contributed by atoms with E-state index in [-0.39, 0.29) is 22.5 Å². The molecule has 2 aliphatic rings. The highest BCUT2D eigenvalue weighted by Gasteiger charge is 2.48. The summed E-state index contributed by atoms with van der Waals surface area (Å²) in [6.45, 7) is -1.20. The van der Waals surface area contributed by atoms with E-state index in [1.165, 1.54) is 24.3 Å². The molecular weight excluding hydrogens is 524 g/mol. The largest absolute Gasteiger partial charge is 0.462 e. The van der Waals surface area contributed by atoms with Crippen LogP contribution in [-0.4, -0.2) is 109 Å². The van der Waals surface area contributed by atoms with Crippen molar-refractivity contribution in [2.75, 3.05) is 13.2 Å². The number of hydrogen-bond acceptors (Lipinski definition) is 14. The predicted molar refractivity (Wildman–Crippen MR) is 129 cm³/mol. The molecule has 3 heterocycles. The van der Waals surface area contributed by atoms with Crippen LogP contribution in [0, 0.1) is 0 Å². The smallest absolute Gasteiger partial charge is 0.344 e. The Morgan fingerprint density at radius 1 is 0.795 bits per heavy atom. The van der Waals surface area contributed by atoms with Crippen molar-refractivity contribution in [3.63, 3.8) is 0 Å². The Balaban J connectivity index is 1.41. The molecule has 8 unspecified atom stereocenters. The fourth-order valence-corrected chi connectivity index (χ4v) is 4.64. The van der Waals surface area contributed by atoms with Gasteiger partial charge in [-0.05, 0) is 30.3 Å². The number of aliphatic hydroxyl groups is 8. The van der Waals surface area contributed by atoms with Crippen molar-refractivity contribution in [1.82, 2.24) is 0 Å². The second-order valence-electron chi connectivity index (χ2n) is 9.53. The van der Waals surface area contributed by atoms with Crippen molar-refractivity contribution in [2.45, 2.75) is 61.4 Å². The van der Waals surface area contributed by atoms with Crippen LogP contribution in [0.3, 0.4) is 0 Å². The molecule has 1 aromatic heterocycles. The predicted octanol–water partition coefficient (Wildman–Crippen LogP) is -2.35. The topological polar surface area (TPSA) is 229 Å². The summed E-state index contributed by atoms with van der Waals surface area (Å²) in [7, 11) is 0. The fraction of sp³-hybridized carbons (Fsp3) is 0.480. The molecule has 5 rings (SSSR count). The van der Waals surface area contributed by atoms with E-state index in [0.29, 0.717) is 10.8 Å². The molecule has 0 bridgehead atoms. The number of ether oxygens (including phenoxy) is 4. The summed E-state index contributed by atoms with van der Waals surface area (Å²) in [4.78, 5) is 12.8. The molecule has 3 aromatic rings. The van der Waals surface area contributed by atoms with E-state index in [4.69, 9.17) is 23.4 Å². The average Bonchev–Trinajstić information content (AvgIpc) is 2.90. The molecule has 0 amide bonds. The molecule has 212 valence electrons. The van der Waals surface area contributed by atoms with Gasteiger partial charge in [0.25, 0.3) is 6.29 Å². The van der Waals surface area contributed by atoms with Crippen molar-refractivity contribution in [3.8, 4) is 11.5 Å². The van der Waals surface area contributed by atoms with Crippen LogP contribution in [0.2, 0.25) is 0 Å². The van der Waals surface area contributed by atoms with Crippen LogP contribution in [0.1, 0.15) is 6.42 Å². The third kappa shape index (κ3) is 5.19. The van der Waals surface area contributed by atoms with E-state index < -0.39 is 80.3 Å². The van der Waals surface area contributed by atoms with Gasteiger partial charge in [-0.2, -0.15) is 0 Å². The summed E-state index contributed by atoms with van der Waals surface area (Å²) in [5, 5.41) is 80.1. The van der Waals surface area contributed by atoms with Gasteiger partial charge in [0.15, 0.2) is 0 Å². The van der Waals surface area contributed by atoms with Crippen LogP contribution >= 0.6 is 0 Å². The number of hydrogen-bond donors (Lipinski definition) is 8. The first kappa shape index (κ1) is 27.7. The monoisotopic (exact) mass is 552 g/mol.